The van der Waals surface area contributed by atoms with E-state index in [1.807, 2.05) is 31.2 Å². The molecule has 2 rings (SSSR count). The second-order valence-electron chi connectivity index (χ2n) is 5.24. The molecule has 0 aliphatic heterocycles. The fourth-order valence-corrected chi connectivity index (χ4v) is 2.82. The summed E-state index contributed by atoms with van der Waals surface area (Å²) >= 11 is 3.42. The van der Waals surface area contributed by atoms with Gasteiger partial charge in [0, 0.05) is 4.47 Å². The van der Waals surface area contributed by atoms with Crippen molar-refractivity contribution in [1.82, 2.24) is 5.32 Å². The Kier molecular flexibility index (Phi) is 6.52. The van der Waals surface area contributed by atoms with E-state index in [0.29, 0.717) is 0 Å². The van der Waals surface area contributed by atoms with Crippen LogP contribution >= 0.6 is 15.9 Å². The van der Waals surface area contributed by atoms with E-state index in [1.165, 1.54) is 19.2 Å². The van der Waals surface area contributed by atoms with Gasteiger partial charge in [0.05, 0.1) is 18.7 Å². The number of carbonyl (C=O) groups is 2. The van der Waals surface area contributed by atoms with Crippen molar-refractivity contribution in [2.45, 2.75) is 13.0 Å². The Hall–Kier alpha value is -2.41. The van der Waals surface area contributed by atoms with Gasteiger partial charge >= 0.3 is 5.97 Å². The van der Waals surface area contributed by atoms with Crippen LogP contribution in [-0.4, -0.2) is 25.6 Å². The van der Waals surface area contributed by atoms with Crippen LogP contribution in [0.2, 0.25) is 0 Å². The van der Waals surface area contributed by atoms with Gasteiger partial charge in [-0.1, -0.05) is 34.1 Å². The van der Waals surface area contributed by atoms with Gasteiger partial charge in [0.1, 0.15) is 0 Å². The van der Waals surface area contributed by atoms with Gasteiger partial charge in [-0.05, 0) is 36.8 Å². The molecule has 0 aliphatic rings. The summed E-state index contributed by atoms with van der Waals surface area (Å²) in [7, 11) is 1.33. The zero-order chi connectivity index (χ0) is 18.4. The maximum absolute atomic E-state index is 13.6. The quantitative estimate of drug-likeness (QED) is 0.739. The molecule has 0 unspecified atom stereocenters. The molecule has 0 radical (unpaired) electrons. The lowest BCUT2D eigenvalue weighted by atomic mass is 10.1. The first kappa shape index (κ1) is 18.9. The van der Waals surface area contributed by atoms with Crippen molar-refractivity contribution in [3.05, 3.63) is 63.9 Å². The Bertz CT molecular complexity index is 781. The molecule has 5 nitrogen and oxygen atoms in total. The highest BCUT2D eigenvalue weighted by Gasteiger charge is 2.15. The Labute approximate surface area is 153 Å². The minimum atomic E-state index is -0.787. The zero-order valence-electron chi connectivity index (χ0n) is 13.7. The molecule has 132 valence electrons. The van der Waals surface area contributed by atoms with Gasteiger partial charge in [0.2, 0.25) is 0 Å². The molecule has 1 N–H and O–H groups in total. The summed E-state index contributed by atoms with van der Waals surface area (Å²) in [6.45, 7) is 1.36. The van der Waals surface area contributed by atoms with Crippen LogP contribution in [0.5, 0.6) is 5.75 Å². The number of benzene rings is 2. The van der Waals surface area contributed by atoms with Gasteiger partial charge < -0.3 is 14.8 Å². The Morgan fingerprint density at radius 2 is 1.96 bits per heavy atom. The van der Waals surface area contributed by atoms with Crippen molar-refractivity contribution in [3.63, 3.8) is 0 Å². The predicted octanol–water partition coefficient (Wildman–Crippen LogP) is 3.63. The van der Waals surface area contributed by atoms with Gasteiger partial charge in [0.15, 0.2) is 18.2 Å². The van der Waals surface area contributed by atoms with Crippen LogP contribution < -0.4 is 10.1 Å². The first-order valence-corrected chi connectivity index (χ1v) is 8.26. The number of ether oxygens (including phenoxy) is 2. The van der Waals surface area contributed by atoms with Crippen LogP contribution in [0.15, 0.2) is 46.9 Å². The molecule has 0 bridgehead atoms. The van der Waals surface area contributed by atoms with Gasteiger partial charge in [-0.3, -0.25) is 4.79 Å². The maximum atomic E-state index is 13.6. The first-order chi connectivity index (χ1) is 11.9. The van der Waals surface area contributed by atoms with Crippen molar-refractivity contribution in [2.24, 2.45) is 0 Å². The lowest BCUT2D eigenvalue weighted by Gasteiger charge is -2.16. The van der Waals surface area contributed by atoms with E-state index >= 15 is 0 Å². The van der Waals surface area contributed by atoms with Crippen molar-refractivity contribution in [3.8, 4) is 5.75 Å². The Balaban J connectivity index is 1.90. The molecule has 0 heterocycles. The molecule has 2 aromatic carbocycles. The smallest absolute Gasteiger partial charge is 0.338 e. The third-order valence-corrected chi connectivity index (χ3v) is 4.19. The fourth-order valence-electron chi connectivity index (χ4n) is 2.19. The van der Waals surface area contributed by atoms with Gasteiger partial charge in [-0.2, -0.15) is 0 Å². The average Bonchev–Trinajstić information content (AvgIpc) is 2.59. The van der Waals surface area contributed by atoms with Crippen molar-refractivity contribution < 1.29 is 23.5 Å². The molecule has 0 aliphatic carbocycles. The van der Waals surface area contributed by atoms with E-state index < -0.39 is 24.3 Å². The lowest BCUT2D eigenvalue weighted by molar-refractivity contribution is -0.124. The molecule has 0 spiro atoms. The number of hydrogen-bond donors (Lipinski definition) is 1. The van der Waals surface area contributed by atoms with E-state index in [1.54, 1.807) is 0 Å². The number of esters is 1. The fraction of sp³-hybridized carbons (Fsp3) is 0.222. The van der Waals surface area contributed by atoms with E-state index in [0.717, 1.165) is 16.1 Å². The normalized spacial score (nSPS) is 11.5. The molecule has 2 aromatic rings. The number of carbonyl (C=O) groups excluding carboxylic acids is 2. The average molecular weight is 410 g/mol. The van der Waals surface area contributed by atoms with Crippen LogP contribution in [0.25, 0.3) is 0 Å². The standard InChI is InChI=1S/C18H17BrFNO4/c1-11(13-5-3-4-6-14(13)19)21-17(22)10-25-18(23)12-7-8-16(24-2)15(20)9-12/h3-9,11H,10H2,1-2H3,(H,21,22)/t11-/m0/s1. The second-order valence-corrected chi connectivity index (χ2v) is 6.09. The number of nitrogens with one attached hydrogen (secondary N) is 1. The van der Waals surface area contributed by atoms with Crippen LogP contribution in [0.3, 0.4) is 0 Å². The van der Waals surface area contributed by atoms with Crippen LogP contribution in [-0.2, 0) is 9.53 Å². The summed E-state index contributed by atoms with van der Waals surface area (Å²) in [6, 6.07) is 10.9. The molecular weight excluding hydrogens is 393 g/mol. The van der Waals surface area contributed by atoms with E-state index in [2.05, 4.69) is 21.2 Å². The first-order valence-electron chi connectivity index (χ1n) is 7.47. The summed E-state index contributed by atoms with van der Waals surface area (Å²) in [4.78, 5) is 23.8. The molecule has 7 heteroatoms. The number of hydrogen-bond acceptors (Lipinski definition) is 4. The van der Waals surface area contributed by atoms with Gasteiger partial charge in [-0.25, -0.2) is 9.18 Å². The molecule has 0 saturated heterocycles. The summed E-state index contributed by atoms with van der Waals surface area (Å²) in [5, 5.41) is 2.73. The summed E-state index contributed by atoms with van der Waals surface area (Å²) in [5.74, 6) is -1.89. The molecule has 1 amide bonds. The SMILES string of the molecule is COc1ccc(C(=O)OCC(=O)N[C@@H](C)c2ccccc2Br)cc1F. The highest BCUT2D eigenvalue weighted by Crippen LogP contribution is 2.22. The highest BCUT2D eigenvalue weighted by molar-refractivity contribution is 9.10. The van der Waals surface area contributed by atoms with Gasteiger partial charge in [-0.15, -0.1) is 0 Å². The molecule has 0 saturated carbocycles. The number of rotatable bonds is 6. The van der Waals surface area contributed by atoms with Gasteiger partial charge in [0.25, 0.3) is 5.91 Å². The van der Waals surface area contributed by atoms with E-state index in [-0.39, 0.29) is 17.4 Å². The minimum absolute atomic E-state index is 0.00459. The molecule has 1 atom stereocenters. The monoisotopic (exact) mass is 409 g/mol. The third kappa shape index (κ3) is 5.03. The number of amides is 1. The van der Waals surface area contributed by atoms with Crippen molar-refractivity contribution in [2.75, 3.05) is 13.7 Å². The number of halogens is 2. The molecule has 25 heavy (non-hydrogen) atoms. The molecular formula is C18H17BrFNO4. The summed E-state index contributed by atoms with van der Waals surface area (Å²) < 4.78 is 24.2. The lowest BCUT2D eigenvalue weighted by Crippen LogP contribution is -2.31. The largest absolute Gasteiger partial charge is 0.494 e. The second kappa shape index (κ2) is 8.62. The topological polar surface area (TPSA) is 64.6 Å². The van der Waals surface area contributed by atoms with Crippen molar-refractivity contribution >= 4 is 27.8 Å². The molecule has 0 fully saturated rings. The summed E-state index contributed by atoms with van der Waals surface area (Å²) in [6.07, 6.45) is 0. The van der Waals surface area contributed by atoms with Crippen molar-refractivity contribution in [1.29, 1.82) is 0 Å². The zero-order valence-corrected chi connectivity index (χ0v) is 15.3. The third-order valence-electron chi connectivity index (χ3n) is 3.47. The Morgan fingerprint density at radius 3 is 2.60 bits per heavy atom. The predicted molar refractivity (Wildman–Crippen MR) is 93.9 cm³/mol. The maximum Gasteiger partial charge on any atom is 0.338 e. The molecule has 0 aromatic heterocycles. The minimum Gasteiger partial charge on any atom is -0.494 e. The van der Waals surface area contributed by atoms with Crippen LogP contribution in [0.1, 0.15) is 28.9 Å². The summed E-state index contributed by atoms with van der Waals surface area (Å²) in [5.41, 5.74) is 0.907. The number of methoxy groups -OCH3 is 1. The van der Waals surface area contributed by atoms with Crippen LogP contribution in [0, 0.1) is 5.82 Å². The van der Waals surface area contributed by atoms with E-state index in [4.69, 9.17) is 9.47 Å². The Morgan fingerprint density at radius 1 is 1.24 bits per heavy atom. The van der Waals surface area contributed by atoms with Crippen LogP contribution in [0.4, 0.5) is 4.39 Å². The highest BCUT2D eigenvalue weighted by atomic mass is 79.9. The van der Waals surface area contributed by atoms with E-state index in [9.17, 15) is 14.0 Å².